The second kappa shape index (κ2) is 30.8. The summed E-state index contributed by atoms with van der Waals surface area (Å²) in [5.41, 5.74) is 17.9. The molecule has 25 nitrogen and oxygen atoms in total. The molecule has 3 aromatic carbocycles. The summed E-state index contributed by atoms with van der Waals surface area (Å²) in [5.74, 6) is -4.38. The third-order valence-electron chi connectivity index (χ3n) is 11.3. The first-order valence-electron chi connectivity index (χ1n) is 23.8. The lowest BCUT2D eigenvalue weighted by Crippen LogP contribution is -2.35. The van der Waals surface area contributed by atoms with E-state index >= 15 is 0 Å². The number of H-pyrrole nitrogens is 1. The van der Waals surface area contributed by atoms with Crippen molar-refractivity contribution in [3.05, 3.63) is 186 Å². The van der Waals surface area contributed by atoms with Crippen molar-refractivity contribution in [1.82, 2.24) is 58.8 Å². The number of carboxylic acid groups (broad SMARTS) is 1. The fraction of sp³-hybridized carbons (Fsp3) is 0.196. The standard InChI is InChI=1S/C18H14ClFN6O2S.C16H15FN4O3.C7H6FNO2.C7H11N3O2.C3H3ClN2S.ClH/c1-25-8-10(6-23-25)4-14(16(27)24-18-21-7-15(19)29-18)26-9-22-13-3-2-11(20)5-12(13)17(26)28;1-20-8-10(7-19-20)5-14(16(23)24-2)21-9-18-13-4-3-11(17)6-12(13)15(21)22;8-4-1-2-6(9)5(3-4)7(10)11;1-12-7(11)6(8)2-5-3-9-10-4-5;4-2-1-6-3(5)7-2;/h2-3,5-9,14H,4H2,1H3,(H,21,24,27);3-4,6-9,14H,5H2,1-2H3;1-3H,9H2,(H,10,11);3-4,6H,2,8H2,1H3,(H,9,10);1H,(H2,5,6);1H. The quantitative estimate of drug-likeness (QED) is 0.0538. The average molecular weight is 1260 g/mol. The van der Waals surface area contributed by atoms with Crippen molar-refractivity contribution in [2.75, 3.05) is 31.0 Å². The Labute approximate surface area is 497 Å². The first kappa shape index (κ1) is 65.7. The fourth-order valence-electron chi connectivity index (χ4n) is 7.37. The van der Waals surface area contributed by atoms with Gasteiger partial charge in [0.25, 0.3) is 11.1 Å². The smallest absolute Gasteiger partial charge is 0.337 e. The number of carbonyl (C=O) groups is 4. The number of anilines is 3. The van der Waals surface area contributed by atoms with E-state index in [2.05, 4.69) is 50.4 Å². The van der Waals surface area contributed by atoms with Gasteiger partial charge in [-0.25, -0.2) is 42.7 Å². The normalized spacial score (nSPS) is 11.5. The Morgan fingerprint density at radius 2 is 1.20 bits per heavy atom. The zero-order valence-electron chi connectivity index (χ0n) is 44.3. The topological polar surface area (TPSA) is 357 Å². The second-order valence-electron chi connectivity index (χ2n) is 17.2. The minimum atomic E-state index is -1.22. The van der Waals surface area contributed by atoms with E-state index < -0.39 is 70.5 Å². The number of carbonyl (C=O) groups excluding carboxylic acids is 3. The highest BCUT2D eigenvalue weighted by Crippen LogP contribution is 2.25. The number of thiazole rings is 2. The zero-order valence-corrected chi connectivity index (χ0v) is 48.3. The molecular formula is C51H50Cl3F3N16O9S2. The number of hydrogen-bond donors (Lipinski definition) is 6. The number of esters is 2. The Hall–Kier alpha value is -9.07. The van der Waals surface area contributed by atoms with Gasteiger partial charge in [-0.15, -0.1) is 12.4 Å². The number of ether oxygens (including phenoxy) is 2. The van der Waals surface area contributed by atoms with Crippen LogP contribution >= 0.6 is 58.3 Å². The Morgan fingerprint density at radius 3 is 1.63 bits per heavy atom. The number of nitrogens with two attached hydrogens (primary N) is 3. The van der Waals surface area contributed by atoms with E-state index in [0.717, 1.165) is 52.3 Å². The highest BCUT2D eigenvalue weighted by atomic mass is 35.5. The summed E-state index contributed by atoms with van der Waals surface area (Å²) in [6.07, 6.45) is 16.4. The maximum absolute atomic E-state index is 13.7. The first-order valence-corrected chi connectivity index (χ1v) is 26.2. The molecule has 10 rings (SSSR count). The average Bonchev–Trinajstić information content (AvgIpc) is 4.35. The number of benzene rings is 3. The lowest BCUT2D eigenvalue weighted by atomic mass is 10.1. The van der Waals surface area contributed by atoms with E-state index in [4.69, 9.17) is 50.2 Å². The number of aromatic carboxylic acids is 1. The van der Waals surface area contributed by atoms with Crippen molar-refractivity contribution in [3.8, 4) is 0 Å². The van der Waals surface area contributed by atoms with E-state index in [9.17, 15) is 41.9 Å². The molecule has 7 aromatic heterocycles. The Bertz CT molecular complexity index is 3970. The number of amides is 1. The number of fused-ring (bicyclic) bond motifs is 2. The fourth-order valence-corrected chi connectivity index (χ4v) is 8.88. The van der Waals surface area contributed by atoms with E-state index in [1.807, 2.05) is 0 Å². The molecule has 33 heteroatoms. The minimum Gasteiger partial charge on any atom is -0.478 e. The summed E-state index contributed by atoms with van der Waals surface area (Å²) in [5, 5.41) is 26.6. The van der Waals surface area contributed by atoms with Crippen LogP contribution in [0.4, 0.5) is 29.1 Å². The molecule has 0 fully saturated rings. The van der Waals surface area contributed by atoms with Gasteiger partial charge in [-0.05, 0) is 71.3 Å². The molecule has 3 atom stereocenters. The number of methoxy groups -OCH3 is 2. The number of aromatic amines is 1. The molecule has 84 heavy (non-hydrogen) atoms. The molecule has 0 radical (unpaired) electrons. The van der Waals surface area contributed by atoms with Crippen LogP contribution in [0.5, 0.6) is 0 Å². The zero-order chi connectivity index (χ0) is 60.5. The van der Waals surface area contributed by atoms with Crippen LogP contribution < -0.4 is 33.6 Å². The van der Waals surface area contributed by atoms with Crippen molar-refractivity contribution in [1.29, 1.82) is 0 Å². The molecule has 0 bridgehead atoms. The summed E-state index contributed by atoms with van der Waals surface area (Å²) in [6.45, 7) is 0. The molecule has 10 aromatic rings. The van der Waals surface area contributed by atoms with Gasteiger partial charge in [0.2, 0.25) is 5.91 Å². The number of rotatable bonds is 13. The van der Waals surface area contributed by atoms with Crippen molar-refractivity contribution >= 4 is 120 Å². The van der Waals surface area contributed by atoms with Crippen LogP contribution in [0.2, 0.25) is 8.67 Å². The molecule has 1 amide bonds. The largest absolute Gasteiger partial charge is 0.478 e. The second-order valence-corrected chi connectivity index (χ2v) is 20.5. The third-order valence-corrected chi connectivity index (χ3v) is 13.2. The molecule has 3 unspecified atom stereocenters. The van der Waals surface area contributed by atoms with Crippen LogP contribution in [0.25, 0.3) is 21.8 Å². The molecule has 442 valence electrons. The lowest BCUT2D eigenvalue weighted by molar-refractivity contribution is -0.144. The summed E-state index contributed by atoms with van der Waals surface area (Å²) >= 11 is 13.7. The van der Waals surface area contributed by atoms with Crippen molar-refractivity contribution in [3.63, 3.8) is 0 Å². The maximum Gasteiger partial charge on any atom is 0.337 e. The Morgan fingerprint density at radius 1 is 0.690 bits per heavy atom. The number of nitrogens with zero attached hydrogens (tertiary/aromatic N) is 11. The molecular weight excluding hydrogens is 1210 g/mol. The molecule has 9 N–H and O–H groups in total. The SMILES string of the molecule is COC(=O)C(Cc1cnn(C)c1)n1cnc2ccc(F)cc2c1=O.COC(=O)C(N)Cc1cn[nH]c1.Cl.Cn1cc(CC(C(=O)Nc2ncc(Cl)s2)n2cnc3ccc(F)cc3c2=O)cn1.Nc1ccc(F)cc1C(=O)O.Nc1ncc(Cl)s1. The number of hydrogen-bond acceptors (Lipinski definition) is 20. The number of aromatic nitrogens is 12. The van der Waals surface area contributed by atoms with Crippen LogP contribution in [-0.4, -0.2) is 108 Å². The number of aryl methyl sites for hydroxylation is 2. The van der Waals surface area contributed by atoms with Crippen LogP contribution in [0.3, 0.4) is 0 Å². The van der Waals surface area contributed by atoms with Crippen molar-refractivity contribution in [2.24, 2.45) is 19.8 Å². The predicted octanol–water partition coefficient (Wildman–Crippen LogP) is 6.39. The van der Waals surface area contributed by atoms with Gasteiger partial charge >= 0.3 is 17.9 Å². The number of nitrogen functional groups attached to an aromatic ring is 2. The molecule has 0 aliphatic carbocycles. The van der Waals surface area contributed by atoms with Gasteiger partial charge < -0.3 is 37.1 Å². The molecule has 0 saturated carbocycles. The van der Waals surface area contributed by atoms with Gasteiger partial charge in [-0.2, -0.15) is 15.3 Å². The number of nitrogens with one attached hydrogen (secondary N) is 2. The number of carboxylic acids is 1. The van der Waals surface area contributed by atoms with Gasteiger partial charge in [-0.3, -0.25) is 42.8 Å². The minimum absolute atomic E-state index is 0. The van der Waals surface area contributed by atoms with Crippen LogP contribution in [0.1, 0.15) is 39.1 Å². The van der Waals surface area contributed by atoms with Gasteiger partial charge in [0.1, 0.15) is 44.2 Å². The summed E-state index contributed by atoms with van der Waals surface area (Å²) in [6, 6.07) is 8.28. The first-order chi connectivity index (χ1) is 39.5. The summed E-state index contributed by atoms with van der Waals surface area (Å²) < 4.78 is 55.4. The lowest BCUT2D eigenvalue weighted by Gasteiger charge is -2.18. The van der Waals surface area contributed by atoms with Gasteiger partial charge in [0.15, 0.2) is 10.3 Å². The summed E-state index contributed by atoms with van der Waals surface area (Å²) in [4.78, 5) is 88.1. The van der Waals surface area contributed by atoms with Crippen molar-refractivity contribution in [2.45, 2.75) is 37.4 Å². The molecule has 0 spiro atoms. The Kier molecular flexibility index (Phi) is 24.1. The van der Waals surface area contributed by atoms with E-state index in [1.54, 1.807) is 60.6 Å². The highest BCUT2D eigenvalue weighted by Gasteiger charge is 2.27. The van der Waals surface area contributed by atoms with E-state index in [-0.39, 0.29) is 47.3 Å². The Balaban J connectivity index is 0.000000209. The van der Waals surface area contributed by atoms with Crippen LogP contribution in [0.15, 0.2) is 126 Å². The van der Waals surface area contributed by atoms with Crippen molar-refractivity contribution < 1.29 is 46.9 Å². The number of halogens is 6. The molecule has 0 aliphatic rings. The predicted molar refractivity (Wildman–Crippen MR) is 310 cm³/mol. The maximum atomic E-state index is 13.7. The molecule has 7 heterocycles. The van der Waals surface area contributed by atoms with Crippen LogP contribution in [0, 0.1) is 17.5 Å². The van der Waals surface area contributed by atoms with Gasteiger partial charge in [0, 0.05) is 57.6 Å². The van der Waals surface area contributed by atoms with Gasteiger partial charge in [-0.1, -0.05) is 45.9 Å². The summed E-state index contributed by atoms with van der Waals surface area (Å²) in [7, 11) is 6.07. The van der Waals surface area contributed by atoms with Crippen LogP contribution in [-0.2, 0) is 57.2 Å². The van der Waals surface area contributed by atoms with E-state index in [1.165, 1.54) is 90.1 Å². The monoisotopic (exact) mass is 1260 g/mol. The molecule has 0 aliphatic heterocycles. The van der Waals surface area contributed by atoms with Gasteiger partial charge in [0.05, 0.1) is 85.2 Å². The third kappa shape index (κ3) is 18.5. The molecule has 0 saturated heterocycles. The highest BCUT2D eigenvalue weighted by molar-refractivity contribution is 7.19. The van der Waals surface area contributed by atoms with E-state index in [0.29, 0.717) is 36.4 Å².